The Hall–Kier alpha value is -2.68. The zero-order valence-corrected chi connectivity index (χ0v) is 16.5. The van der Waals surface area contributed by atoms with Crippen LogP contribution in [0.25, 0.3) is 11.1 Å². The molecule has 0 unspecified atom stereocenters. The van der Waals surface area contributed by atoms with Crippen molar-refractivity contribution in [3.05, 3.63) is 89.0 Å². The van der Waals surface area contributed by atoms with Gasteiger partial charge in [0.15, 0.2) is 11.6 Å². The molecule has 0 spiro atoms. The third kappa shape index (κ3) is 4.78. The van der Waals surface area contributed by atoms with Crippen molar-refractivity contribution < 1.29 is 8.78 Å². The monoisotopic (exact) mass is 393 g/mol. The Labute approximate surface area is 169 Å². The molecule has 3 rings (SSSR count). The summed E-state index contributed by atoms with van der Waals surface area (Å²) in [6.07, 6.45) is 3.07. The molecule has 0 aromatic heterocycles. The van der Waals surface area contributed by atoms with Crippen molar-refractivity contribution in [2.75, 3.05) is 0 Å². The minimum atomic E-state index is -0.786. The molecule has 0 heterocycles. The van der Waals surface area contributed by atoms with Crippen LogP contribution in [0, 0.1) is 11.6 Å². The van der Waals surface area contributed by atoms with E-state index in [1.54, 1.807) is 12.1 Å². The zero-order valence-electron chi connectivity index (χ0n) is 15.7. The van der Waals surface area contributed by atoms with Crippen LogP contribution < -0.4 is 0 Å². The van der Waals surface area contributed by atoms with Gasteiger partial charge in [-0.15, -0.1) is 0 Å². The third-order valence-electron chi connectivity index (χ3n) is 4.76. The van der Waals surface area contributed by atoms with Crippen molar-refractivity contribution in [3.63, 3.8) is 0 Å². The van der Waals surface area contributed by atoms with E-state index in [4.69, 9.17) is 0 Å². The topological polar surface area (TPSA) is 12.4 Å². The largest absolute Gasteiger partial charge is 0.203 e. The summed E-state index contributed by atoms with van der Waals surface area (Å²) >= 11 is 4.58. The highest BCUT2D eigenvalue weighted by atomic mass is 32.1. The summed E-state index contributed by atoms with van der Waals surface area (Å²) in [5.41, 5.74) is 4.32. The number of rotatable bonds is 7. The molecule has 1 nitrogen and oxygen atoms in total. The van der Waals surface area contributed by atoms with E-state index in [0.29, 0.717) is 29.5 Å². The van der Waals surface area contributed by atoms with Crippen LogP contribution in [-0.2, 0) is 19.3 Å². The van der Waals surface area contributed by atoms with E-state index in [9.17, 15) is 8.78 Å². The van der Waals surface area contributed by atoms with Gasteiger partial charge in [-0.05, 0) is 65.9 Å². The SMILES string of the molecule is CCCc1ccc(-c2ccc(CCc3ccc(N=C=S)cc3)c(F)c2F)cc1. The van der Waals surface area contributed by atoms with E-state index in [-0.39, 0.29) is 0 Å². The highest BCUT2D eigenvalue weighted by Gasteiger charge is 2.14. The summed E-state index contributed by atoms with van der Waals surface area (Å²) in [4.78, 5) is 3.90. The van der Waals surface area contributed by atoms with Crippen molar-refractivity contribution in [1.29, 1.82) is 0 Å². The summed E-state index contributed by atoms with van der Waals surface area (Å²) in [5, 5.41) is 2.32. The molecule has 0 aliphatic heterocycles. The smallest absolute Gasteiger partial charge is 0.166 e. The van der Waals surface area contributed by atoms with Gasteiger partial charge in [-0.2, -0.15) is 4.99 Å². The number of thiocarbonyl (C=S) groups is 1. The van der Waals surface area contributed by atoms with Crippen molar-refractivity contribution >= 4 is 23.1 Å². The fourth-order valence-electron chi connectivity index (χ4n) is 3.21. The summed E-state index contributed by atoms with van der Waals surface area (Å²) in [6.45, 7) is 2.11. The highest BCUT2D eigenvalue weighted by molar-refractivity contribution is 7.78. The Kier molecular flexibility index (Phi) is 6.80. The van der Waals surface area contributed by atoms with Crippen LogP contribution in [0.5, 0.6) is 0 Å². The first-order chi connectivity index (χ1) is 13.6. The van der Waals surface area contributed by atoms with Crippen LogP contribution in [0.2, 0.25) is 0 Å². The lowest BCUT2D eigenvalue weighted by molar-refractivity contribution is 0.501. The Morgan fingerprint density at radius 1 is 0.786 bits per heavy atom. The molecule has 28 heavy (non-hydrogen) atoms. The number of nitrogens with zero attached hydrogens (tertiary/aromatic N) is 1. The average Bonchev–Trinajstić information content (AvgIpc) is 2.71. The van der Waals surface area contributed by atoms with Gasteiger partial charge >= 0.3 is 0 Å². The van der Waals surface area contributed by atoms with E-state index in [1.807, 2.05) is 48.5 Å². The number of hydrogen-bond acceptors (Lipinski definition) is 2. The molecule has 0 saturated carbocycles. The normalized spacial score (nSPS) is 10.5. The second-order valence-corrected chi connectivity index (χ2v) is 6.90. The van der Waals surface area contributed by atoms with E-state index < -0.39 is 11.6 Å². The lowest BCUT2D eigenvalue weighted by Crippen LogP contribution is -1.99. The first-order valence-corrected chi connectivity index (χ1v) is 9.76. The number of aryl methyl sites for hydroxylation is 3. The molecule has 0 radical (unpaired) electrons. The molecule has 0 saturated heterocycles. The first kappa shape index (κ1) is 20.1. The average molecular weight is 394 g/mol. The van der Waals surface area contributed by atoms with Crippen LogP contribution in [0.1, 0.15) is 30.0 Å². The van der Waals surface area contributed by atoms with Gasteiger partial charge in [0, 0.05) is 5.56 Å². The highest BCUT2D eigenvalue weighted by Crippen LogP contribution is 2.27. The predicted molar refractivity (Wildman–Crippen MR) is 114 cm³/mol. The van der Waals surface area contributed by atoms with Gasteiger partial charge in [-0.1, -0.05) is 61.9 Å². The minimum absolute atomic E-state index is 0.298. The molecule has 0 atom stereocenters. The Bertz CT molecular complexity index is 988. The quantitative estimate of drug-likeness (QED) is 0.308. The third-order valence-corrected chi connectivity index (χ3v) is 4.85. The maximum atomic E-state index is 14.7. The molecule has 0 aliphatic carbocycles. The van der Waals surface area contributed by atoms with Crippen LogP contribution in [0.3, 0.4) is 0 Å². The Morgan fingerprint density at radius 2 is 1.43 bits per heavy atom. The molecule has 0 fully saturated rings. The van der Waals surface area contributed by atoms with Gasteiger partial charge < -0.3 is 0 Å². The van der Waals surface area contributed by atoms with Gasteiger partial charge in [0.1, 0.15) is 0 Å². The molecule has 142 valence electrons. The first-order valence-electron chi connectivity index (χ1n) is 9.35. The summed E-state index contributed by atoms with van der Waals surface area (Å²) in [5.74, 6) is -1.55. The van der Waals surface area contributed by atoms with Gasteiger partial charge in [-0.25, -0.2) is 8.78 Å². The molecule has 4 heteroatoms. The number of hydrogen-bond donors (Lipinski definition) is 0. The maximum Gasteiger partial charge on any atom is 0.166 e. The van der Waals surface area contributed by atoms with E-state index in [2.05, 4.69) is 29.3 Å². The van der Waals surface area contributed by atoms with Crippen molar-refractivity contribution in [3.8, 4) is 11.1 Å². The van der Waals surface area contributed by atoms with E-state index in [1.165, 1.54) is 5.56 Å². The summed E-state index contributed by atoms with van der Waals surface area (Å²) in [6, 6.07) is 18.5. The fourth-order valence-corrected chi connectivity index (χ4v) is 3.32. The van der Waals surface area contributed by atoms with Crippen molar-refractivity contribution in [1.82, 2.24) is 0 Å². The molecular formula is C24H21F2NS. The fraction of sp³-hybridized carbons (Fsp3) is 0.208. The number of isothiocyanates is 1. The molecule has 0 bridgehead atoms. The van der Waals surface area contributed by atoms with E-state index >= 15 is 0 Å². The number of aliphatic imine (C=N–C) groups is 1. The molecule has 0 amide bonds. The molecule has 3 aromatic rings. The van der Waals surface area contributed by atoms with Crippen LogP contribution >= 0.6 is 12.2 Å². The summed E-state index contributed by atoms with van der Waals surface area (Å²) < 4.78 is 29.3. The molecule has 0 aliphatic rings. The van der Waals surface area contributed by atoms with Crippen LogP contribution in [0.15, 0.2) is 65.7 Å². The standard InChI is InChI=1S/C24H21F2NS/c1-2-3-17-4-9-19(10-5-17)22-15-12-20(23(25)24(22)26)11-6-18-7-13-21(14-8-18)27-16-28/h4-5,7-10,12-15H,2-3,6,11H2,1H3. The molecule has 3 aromatic carbocycles. The van der Waals surface area contributed by atoms with Gasteiger partial charge in [-0.3, -0.25) is 0 Å². The number of halogens is 2. The summed E-state index contributed by atoms with van der Waals surface area (Å²) in [7, 11) is 0. The van der Waals surface area contributed by atoms with Gasteiger partial charge in [0.25, 0.3) is 0 Å². The van der Waals surface area contributed by atoms with Crippen molar-refractivity contribution in [2.45, 2.75) is 32.6 Å². The molecular weight excluding hydrogens is 372 g/mol. The number of benzene rings is 3. The Balaban J connectivity index is 1.75. The zero-order chi connectivity index (χ0) is 19.9. The second kappa shape index (κ2) is 9.50. The van der Waals surface area contributed by atoms with Gasteiger partial charge in [0.05, 0.1) is 10.8 Å². The minimum Gasteiger partial charge on any atom is -0.203 e. The molecule has 0 N–H and O–H groups in total. The van der Waals surface area contributed by atoms with Crippen LogP contribution in [-0.4, -0.2) is 5.16 Å². The van der Waals surface area contributed by atoms with Gasteiger partial charge in [0.2, 0.25) is 0 Å². The second-order valence-electron chi connectivity index (χ2n) is 6.72. The Morgan fingerprint density at radius 3 is 2.07 bits per heavy atom. The predicted octanol–water partition coefficient (Wildman–Crippen LogP) is 7.10. The van der Waals surface area contributed by atoms with Crippen molar-refractivity contribution in [2.24, 2.45) is 4.99 Å². The maximum absolute atomic E-state index is 14.7. The lowest BCUT2D eigenvalue weighted by Gasteiger charge is -2.10. The van der Waals surface area contributed by atoms with E-state index in [0.717, 1.165) is 24.1 Å². The lowest BCUT2D eigenvalue weighted by atomic mass is 9.98. The van der Waals surface area contributed by atoms with Crippen LogP contribution in [0.4, 0.5) is 14.5 Å².